The Hall–Kier alpha value is -2.55. The van der Waals surface area contributed by atoms with Crippen molar-refractivity contribution in [1.82, 2.24) is 0 Å². The monoisotopic (exact) mass is 891 g/mol. The third-order valence-corrected chi connectivity index (χ3v) is 11.2. The first-order chi connectivity index (χ1) is 30.0. The Labute approximate surface area is 380 Å². The van der Waals surface area contributed by atoms with E-state index in [9.17, 15) is 19.0 Å². The predicted molar refractivity (Wildman–Crippen MR) is 261 cm³/mol. The van der Waals surface area contributed by atoms with Crippen molar-refractivity contribution in [2.45, 2.75) is 200 Å². The zero-order valence-electron chi connectivity index (χ0n) is 40.3. The summed E-state index contributed by atoms with van der Waals surface area (Å²) in [5, 5.41) is 0. The van der Waals surface area contributed by atoms with Crippen molar-refractivity contribution < 1.29 is 42.1 Å². The Morgan fingerprint density at radius 2 is 0.919 bits per heavy atom. The predicted octanol–water partition coefficient (Wildman–Crippen LogP) is 14.6. The number of hydrogen-bond donors (Lipinski definition) is 1. The van der Waals surface area contributed by atoms with Crippen molar-refractivity contribution in [3.8, 4) is 0 Å². The van der Waals surface area contributed by atoms with Gasteiger partial charge in [-0.3, -0.25) is 18.6 Å². The van der Waals surface area contributed by atoms with Gasteiger partial charge in [-0.2, -0.15) is 0 Å². The Bertz CT molecular complexity index is 1280. The van der Waals surface area contributed by atoms with E-state index in [1.54, 1.807) is 0 Å². The number of unbranched alkanes of at least 4 members (excludes halogenated alkanes) is 18. The van der Waals surface area contributed by atoms with Crippen molar-refractivity contribution in [3.63, 3.8) is 0 Å². The molecule has 0 aliphatic rings. The number of hydrogen-bond acceptors (Lipinski definition) is 7. The van der Waals surface area contributed by atoms with Crippen molar-refractivity contribution in [3.05, 3.63) is 72.9 Å². The van der Waals surface area contributed by atoms with Crippen LogP contribution in [0.5, 0.6) is 0 Å². The summed E-state index contributed by atoms with van der Waals surface area (Å²) in [6.45, 7) is 4.27. The Morgan fingerprint density at radius 3 is 1.40 bits per heavy atom. The molecule has 358 valence electrons. The first-order valence-electron chi connectivity index (χ1n) is 24.7. The fraction of sp³-hybridized carbons (Fsp3) is 0.731. The molecule has 0 spiro atoms. The average molecular weight is 891 g/mol. The molecule has 0 aromatic rings. The van der Waals surface area contributed by atoms with E-state index in [0.29, 0.717) is 23.9 Å². The van der Waals surface area contributed by atoms with Gasteiger partial charge in [-0.25, -0.2) is 4.57 Å². The van der Waals surface area contributed by atoms with Gasteiger partial charge in [-0.05, 0) is 83.5 Å². The second-order valence-electron chi connectivity index (χ2n) is 17.5. The number of allylic oxidation sites excluding steroid dienone is 12. The highest BCUT2D eigenvalue weighted by atomic mass is 31.2. The van der Waals surface area contributed by atoms with Crippen molar-refractivity contribution in [2.75, 3.05) is 47.5 Å². The van der Waals surface area contributed by atoms with Crippen LogP contribution in [-0.2, 0) is 32.7 Å². The zero-order chi connectivity index (χ0) is 45.7. The molecule has 1 N–H and O–H groups in total. The molecule has 2 atom stereocenters. The SMILES string of the molecule is CC/C=C/C/C=C/C/C=C/C/C=C/C/C=C/CCCCCC(=O)OC[C@H](COP(=O)(O)OCC[N+](C)(C)C)OC(=O)CCCCCCCCCCC/C=C/CCCCCCCC. The third kappa shape index (κ3) is 46.9. The summed E-state index contributed by atoms with van der Waals surface area (Å²) >= 11 is 0. The van der Waals surface area contributed by atoms with Gasteiger partial charge in [0.15, 0.2) is 6.10 Å². The van der Waals surface area contributed by atoms with Crippen LogP contribution in [0.15, 0.2) is 72.9 Å². The molecular weight excluding hydrogens is 798 g/mol. The molecule has 0 aliphatic carbocycles. The van der Waals surface area contributed by atoms with E-state index >= 15 is 0 Å². The molecule has 0 aromatic heterocycles. The number of phosphoric ester groups is 1. The fourth-order valence-electron chi connectivity index (χ4n) is 6.39. The molecular formula is C52H93NO8P+. The van der Waals surface area contributed by atoms with E-state index < -0.39 is 32.5 Å². The number of nitrogens with zero attached hydrogens (tertiary/aromatic N) is 1. The molecule has 1 unspecified atom stereocenters. The normalized spacial score (nSPS) is 14.1. The quantitative estimate of drug-likeness (QED) is 0.0212. The van der Waals surface area contributed by atoms with E-state index in [0.717, 1.165) is 70.6 Å². The molecule has 0 rings (SSSR count). The summed E-state index contributed by atoms with van der Waals surface area (Å²) in [7, 11) is 1.45. The molecule has 9 nitrogen and oxygen atoms in total. The molecule has 0 aromatic carbocycles. The molecule has 10 heteroatoms. The minimum atomic E-state index is -4.39. The van der Waals surface area contributed by atoms with Crippen LogP contribution >= 0.6 is 7.82 Å². The second kappa shape index (κ2) is 43.7. The lowest BCUT2D eigenvalue weighted by molar-refractivity contribution is -0.870. The number of phosphoric acid groups is 1. The first kappa shape index (κ1) is 59.5. The third-order valence-electron chi connectivity index (χ3n) is 10.2. The van der Waals surface area contributed by atoms with Gasteiger partial charge in [-0.1, -0.05) is 170 Å². The number of ether oxygens (including phenoxy) is 2. The lowest BCUT2D eigenvalue weighted by Gasteiger charge is -2.24. The van der Waals surface area contributed by atoms with Gasteiger partial charge in [0.1, 0.15) is 19.8 Å². The molecule has 62 heavy (non-hydrogen) atoms. The standard InChI is InChI=1S/C52H92NO8P/c1-6-8-10-12-14-16-18-20-22-24-26-28-30-32-34-36-38-40-42-44-51(54)58-48-50(49-60-62(56,57)59-47-46-53(3,4)5)61-52(55)45-43-41-39-37-35-33-31-29-27-25-23-21-19-17-15-13-11-9-7-2/h8,10,14,16,20-23,26,28,32,34,50H,6-7,9,11-13,15,17-19,24-25,27,29-31,33,35-49H2,1-5H3/p+1/b10-8+,16-14+,22-20+,23-21+,28-26+,34-32+/t50-/m1/s1. The van der Waals surface area contributed by atoms with Gasteiger partial charge >= 0.3 is 19.8 Å². The van der Waals surface area contributed by atoms with Crippen LogP contribution < -0.4 is 0 Å². The summed E-state index contributed by atoms with van der Waals surface area (Å²) < 4.78 is 34.4. The number of carbonyl (C=O) groups is 2. The number of rotatable bonds is 44. The molecule has 0 saturated heterocycles. The molecule has 0 amide bonds. The Kier molecular flexibility index (Phi) is 41.9. The molecule has 0 heterocycles. The van der Waals surface area contributed by atoms with Crippen LogP contribution in [-0.4, -0.2) is 74.9 Å². The summed E-state index contributed by atoms with van der Waals surface area (Å²) in [6, 6.07) is 0. The van der Waals surface area contributed by atoms with Crippen LogP contribution in [0.3, 0.4) is 0 Å². The molecule has 0 bridgehead atoms. The number of esters is 2. The number of quaternary nitrogens is 1. The van der Waals surface area contributed by atoms with Gasteiger partial charge in [-0.15, -0.1) is 0 Å². The molecule has 0 aliphatic heterocycles. The lowest BCUT2D eigenvalue weighted by atomic mass is 10.1. The van der Waals surface area contributed by atoms with E-state index in [4.69, 9.17) is 18.5 Å². The minimum absolute atomic E-state index is 0.0226. The summed E-state index contributed by atoms with van der Waals surface area (Å²) in [6.07, 6.45) is 55.2. The molecule has 0 saturated carbocycles. The lowest BCUT2D eigenvalue weighted by Crippen LogP contribution is -2.37. The number of carbonyl (C=O) groups excluding carboxylic acids is 2. The van der Waals surface area contributed by atoms with E-state index in [-0.39, 0.29) is 26.1 Å². The topological polar surface area (TPSA) is 108 Å². The summed E-state index contributed by atoms with van der Waals surface area (Å²) in [5.74, 6) is -0.840. The molecule has 0 radical (unpaired) electrons. The second-order valence-corrected chi connectivity index (χ2v) is 18.9. The van der Waals surface area contributed by atoms with Crippen LogP contribution in [0, 0.1) is 0 Å². The van der Waals surface area contributed by atoms with Crippen molar-refractivity contribution in [1.29, 1.82) is 0 Å². The van der Waals surface area contributed by atoms with Crippen LogP contribution in [0.2, 0.25) is 0 Å². The zero-order valence-corrected chi connectivity index (χ0v) is 41.2. The van der Waals surface area contributed by atoms with E-state index in [2.05, 4.69) is 86.8 Å². The highest BCUT2D eigenvalue weighted by molar-refractivity contribution is 7.47. The largest absolute Gasteiger partial charge is 0.472 e. The Balaban J connectivity index is 4.36. The fourth-order valence-corrected chi connectivity index (χ4v) is 7.13. The van der Waals surface area contributed by atoms with Crippen LogP contribution in [0.4, 0.5) is 0 Å². The highest BCUT2D eigenvalue weighted by Gasteiger charge is 2.27. The maximum atomic E-state index is 12.7. The smallest absolute Gasteiger partial charge is 0.462 e. The minimum Gasteiger partial charge on any atom is -0.462 e. The highest BCUT2D eigenvalue weighted by Crippen LogP contribution is 2.43. The van der Waals surface area contributed by atoms with Crippen molar-refractivity contribution in [2.24, 2.45) is 0 Å². The van der Waals surface area contributed by atoms with E-state index in [1.807, 2.05) is 21.1 Å². The van der Waals surface area contributed by atoms with E-state index in [1.165, 1.54) is 83.5 Å². The van der Waals surface area contributed by atoms with Gasteiger partial charge in [0.05, 0.1) is 27.7 Å². The Morgan fingerprint density at radius 1 is 0.516 bits per heavy atom. The number of likely N-dealkylation sites (N-methyl/N-ethyl adjacent to an activating group) is 1. The summed E-state index contributed by atoms with van der Waals surface area (Å²) in [4.78, 5) is 35.5. The van der Waals surface area contributed by atoms with Crippen molar-refractivity contribution >= 4 is 19.8 Å². The summed E-state index contributed by atoms with van der Waals surface area (Å²) in [5.41, 5.74) is 0. The first-order valence-corrected chi connectivity index (χ1v) is 26.2. The maximum absolute atomic E-state index is 12.7. The maximum Gasteiger partial charge on any atom is 0.472 e. The average Bonchev–Trinajstić information content (AvgIpc) is 3.23. The van der Waals surface area contributed by atoms with Crippen LogP contribution in [0.1, 0.15) is 194 Å². The van der Waals surface area contributed by atoms with Gasteiger partial charge in [0, 0.05) is 12.8 Å². The molecule has 0 fully saturated rings. The van der Waals surface area contributed by atoms with Gasteiger partial charge in [0.2, 0.25) is 0 Å². The van der Waals surface area contributed by atoms with Crippen LogP contribution in [0.25, 0.3) is 0 Å². The van der Waals surface area contributed by atoms with Gasteiger partial charge < -0.3 is 18.9 Å². The van der Waals surface area contributed by atoms with Gasteiger partial charge in [0.25, 0.3) is 0 Å².